The Morgan fingerprint density at radius 3 is 2.52 bits per heavy atom. The van der Waals surface area contributed by atoms with Gasteiger partial charge >= 0.3 is 0 Å². The van der Waals surface area contributed by atoms with Crippen molar-refractivity contribution in [3.05, 3.63) is 59.1 Å². The number of rotatable bonds is 4. The molecule has 138 valence electrons. The number of aryl methyl sites for hydroxylation is 2. The lowest BCUT2D eigenvalue weighted by Crippen LogP contribution is -2.13. The van der Waals surface area contributed by atoms with E-state index in [9.17, 15) is 8.42 Å². The topological polar surface area (TPSA) is 106 Å². The van der Waals surface area contributed by atoms with Crippen molar-refractivity contribution in [2.24, 2.45) is 0 Å². The summed E-state index contributed by atoms with van der Waals surface area (Å²) in [6.45, 7) is 3.75. The summed E-state index contributed by atoms with van der Waals surface area (Å²) in [5, 5.41) is 9.91. The number of hydrogen-bond acceptors (Lipinski definition) is 6. The van der Waals surface area contributed by atoms with Crippen LogP contribution in [0.15, 0.2) is 47.5 Å². The molecule has 27 heavy (non-hydrogen) atoms. The molecular weight excluding hydrogens is 388 g/mol. The molecule has 8 nitrogen and oxygen atoms in total. The monoisotopic (exact) mass is 402 g/mol. The summed E-state index contributed by atoms with van der Waals surface area (Å²) < 4.78 is 27.4. The number of benzene rings is 1. The van der Waals surface area contributed by atoms with Gasteiger partial charge in [-0.15, -0.1) is 0 Å². The molecule has 0 radical (unpaired) electrons. The van der Waals surface area contributed by atoms with Gasteiger partial charge < -0.3 is 5.32 Å². The highest BCUT2D eigenvalue weighted by Crippen LogP contribution is 2.29. The highest BCUT2D eigenvalue weighted by molar-refractivity contribution is 7.90. The number of anilines is 2. The fourth-order valence-electron chi connectivity index (χ4n) is 2.70. The molecule has 0 fully saturated rings. The summed E-state index contributed by atoms with van der Waals surface area (Å²) in [4.78, 5) is 8.46. The second-order valence-electron chi connectivity index (χ2n) is 6.07. The van der Waals surface area contributed by atoms with Gasteiger partial charge in [0.05, 0.1) is 10.4 Å². The van der Waals surface area contributed by atoms with E-state index in [2.05, 4.69) is 25.5 Å². The van der Waals surface area contributed by atoms with Crippen LogP contribution in [0.2, 0.25) is 5.28 Å². The van der Waals surface area contributed by atoms with Crippen molar-refractivity contribution in [3.8, 4) is 0 Å². The molecule has 4 aromatic rings. The number of fused-ring (bicyclic) bond motifs is 1. The summed E-state index contributed by atoms with van der Waals surface area (Å²) in [5.41, 5.74) is 2.51. The number of halogens is 1. The minimum absolute atomic E-state index is 0.00254. The van der Waals surface area contributed by atoms with Gasteiger partial charge in [0.1, 0.15) is 5.52 Å². The highest BCUT2D eigenvalue weighted by atomic mass is 35.5. The van der Waals surface area contributed by atoms with E-state index in [4.69, 9.17) is 11.6 Å². The third-order valence-electron chi connectivity index (χ3n) is 4.00. The van der Waals surface area contributed by atoms with Gasteiger partial charge in [0.25, 0.3) is 10.0 Å². The average Bonchev–Trinajstić information content (AvgIpc) is 3.21. The maximum atomic E-state index is 13.1. The van der Waals surface area contributed by atoms with Crippen LogP contribution in [-0.4, -0.2) is 32.6 Å². The number of hydrogen-bond donors (Lipinski definition) is 2. The highest BCUT2D eigenvalue weighted by Gasteiger charge is 2.22. The van der Waals surface area contributed by atoms with E-state index in [0.717, 1.165) is 15.2 Å². The Hall–Kier alpha value is -2.91. The fraction of sp³-hybridized carbons (Fsp3) is 0.118. The zero-order chi connectivity index (χ0) is 19.2. The smallest absolute Gasteiger partial charge is 0.268 e. The molecule has 0 aliphatic rings. The molecular formula is C17H15ClN6O2S. The Balaban J connectivity index is 1.90. The summed E-state index contributed by atoms with van der Waals surface area (Å²) >= 11 is 6.00. The molecule has 4 rings (SSSR count). The SMILES string of the molecule is Cc1ccc(S(=O)(=O)n2ccc3nc(Cl)nc(Nc4cc(C)[nH]n4)c32)cc1. The minimum atomic E-state index is -3.84. The van der Waals surface area contributed by atoms with Crippen LogP contribution in [0.4, 0.5) is 11.6 Å². The molecule has 1 aromatic carbocycles. The van der Waals surface area contributed by atoms with Crippen LogP contribution in [0.3, 0.4) is 0 Å². The van der Waals surface area contributed by atoms with E-state index < -0.39 is 10.0 Å². The van der Waals surface area contributed by atoms with Crippen molar-refractivity contribution in [1.29, 1.82) is 0 Å². The first-order valence-corrected chi connectivity index (χ1v) is 9.82. The van der Waals surface area contributed by atoms with E-state index >= 15 is 0 Å². The molecule has 0 unspecified atom stereocenters. The van der Waals surface area contributed by atoms with Crippen molar-refractivity contribution in [3.63, 3.8) is 0 Å². The molecule has 0 aliphatic heterocycles. The van der Waals surface area contributed by atoms with Gasteiger partial charge in [-0.3, -0.25) is 5.10 Å². The molecule has 0 bridgehead atoms. The van der Waals surface area contributed by atoms with Crippen LogP contribution in [-0.2, 0) is 10.0 Å². The third kappa shape index (κ3) is 3.15. The standard InChI is InChI=1S/C17H15ClN6O2S/c1-10-3-5-12(6-4-10)27(25,26)24-8-7-13-15(24)16(21-17(18)19-13)20-14-9-11(2)22-23-14/h3-9H,1-2H3,(H2,19,20,21,22,23). The first-order valence-electron chi connectivity index (χ1n) is 8.00. The second kappa shape index (κ2) is 6.36. The number of nitrogens with one attached hydrogen (secondary N) is 2. The van der Waals surface area contributed by atoms with Crippen molar-refractivity contribution >= 4 is 44.3 Å². The molecule has 3 aromatic heterocycles. The Morgan fingerprint density at radius 2 is 1.85 bits per heavy atom. The zero-order valence-corrected chi connectivity index (χ0v) is 16.0. The molecule has 2 N–H and O–H groups in total. The Bertz CT molecular complexity index is 1240. The molecule has 0 spiro atoms. The quantitative estimate of drug-likeness (QED) is 0.507. The maximum Gasteiger partial charge on any atom is 0.268 e. The lowest BCUT2D eigenvalue weighted by Gasteiger charge is -2.11. The third-order valence-corrected chi connectivity index (χ3v) is 5.86. The molecule has 0 saturated carbocycles. The zero-order valence-electron chi connectivity index (χ0n) is 14.4. The summed E-state index contributed by atoms with van der Waals surface area (Å²) in [6.07, 6.45) is 1.44. The lowest BCUT2D eigenvalue weighted by molar-refractivity contribution is 0.589. The van der Waals surface area contributed by atoms with Crippen molar-refractivity contribution in [1.82, 2.24) is 24.1 Å². The van der Waals surface area contributed by atoms with Gasteiger partial charge in [-0.1, -0.05) is 17.7 Å². The minimum Gasteiger partial charge on any atom is -0.322 e. The van der Waals surface area contributed by atoms with Gasteiger partial charge in [-0.25, -0.2) is 17.4 Å². The number of aromatic amines is 1. The molecule has 3 heterocycles. The van der Waals surface area contributed by atoms with Crippen LogP contribution < -0.4 is 5.32 Å². The predicted octanol–water partition coefficient (Wildman–Crippen LogP) is 3.41. The molecule has 0 atom stereocenters. The van der Waals surface area contributed by atoms with Gasteiger partial charge in [0, 0.05) is 18.0 Å². The van der Waals surface area contributed by atoms with Gasteiger partial charge in [0.2, 0.25) is 5.28 Å². The van der Waals surface area contributed by atoms with Crippen LogP contribution >= 0.6 is 11.6 Å². The van der Waals surface area contributed by atoms with Gasteiger partial charge in [-0.05, 0) is 43.6 Å². The van der Waals surface area contributed by atoms with E-state index in [1.54, 1.807) is 36.4 Å². The normalized spacial score (nSPS) is 11.8. The van der Waals surface area contributed by atoms with Crippen molar-refractivity contribution in [2.45, 2.75) is 18.7 Å². The van der Waals surface area contributed by atoms with E-state index in [1.807, 2.05) is 13.8 Å². The lowest BCUT2D eigenvalue weighted by atomic mass is 10.2. The van der Waals surface area contributed by atoms with E-state index in [0.29, 0.717) is 16.9 Å². The first-order chi connectivity index (χ1) is 12.8. The Morgan fingerprint density at radius 1 is 1.11 bits per heavy atom. The molecule has 0 saturated heterocycles. The second-order valence-corrected chi connectivity index (χ2v) is 8.22. The maximum absolute atomic E-state index is 13.1. The van der Waals surface area contributed by atoms with Crippen LogP contribution in [0, 0.1) is 13.8 Å². The van der Waals surface area contributed by atoms with Gasteiger partial charge in [-0.2, -0.15) is 10.1 Å². The summed E-state index contributed by atoms with van der Waals surface area (Å²) in [5.74, 6) is 0.737. The number of H-pyrrole nitrogens is 1. The van der Waals surface area contributed by atoms with Crippen molar-refractivity contribution in [2.75, 3.05) is 5.32 Å². The van der Waals surface area contributed by atoms with E-state index in [1.165, 1.54) is 6.20 Å². The molecule has 0 aliphatic carbocycles. The fourth-order valence-corrected chi connectivity index (χ4v) is 4.23. The van der Waals surface area contributed by atoms with Crippen LogP contribution in [0.5, 0.6) is 0 Å². The van der Waals surface area contributed by atoms with E-state index in [-0.39, 0.29) is 16.0 Å². The first kappa shape index (κ1) is 17.5. The van der Waals surface area contributed by atoms with Crippen LogP contribution in [0.25, 0.3) is 11.0 Å². The molecule has 10 heteroatoms. The summed E-state index contributed by atoms with van der Waals surface area (Å²) in [6, 6.07) is 9.98. The largest absolute Gasteiger partial charge is 0.322 e. The Kier molecular flexibility index (Phi) is 4.12. The summed E-state index contributed by atoms with van der Waals surface area (Å²) in [7, 11) is -3.84. The van der Waals surface area contributed by atoms with Gasteiger partial charge in [0.15, 0.2) is 11.6 Å². The number of nitrogens with zero attached hydrogens (tertiary/aromatic N) is 4. The number of aromatic nitrogens is 5. The Labute approximate surface area is 160 Å². The van der Waals surface area contributed by atoms with Crippen LogP contribution in [0.1, 0.15) is 11.3 Å². The van der Waals surface area contributed by atoms with Crippen molar-refractivity contribution < 1.29 is 8.42 Å². The molecule has 0 amide bonds. The average molecular weight is 403 g/mol. The predicted molar refractivity (Wildman–Crippen MR) is 103 cm³/mol.